The monoisotopic (exact) mass is 422 g/mol. The molecule has 0 aliphatic heterocycles. The van der Waals surface area contributed by atoms with Gasteiger partial charge in [0.2, 0.25) is 0 Å². The normalized spacial score (nSPS) is 11.0. The maximum absolute atomic E-state index is 12.7. The molecule has 0 atom stereocenters. The van der Waals surface area contributed by atoms with Gasteiger partial charge in [-0.3, -0.25) is 9.52 Å². The first-order chi connectivity index (χ1) is 12.9. The van der Waals surface area contributed by atoms with Crippen molar-refractivity contribution in [2.75, 3.05) is 17.1 Å². The van der Waals surface area contributed by atoms with Crippen LogP contribution < -0.4 is 14.8 Å². The number of methoxy groups -OCH3 is 1. The van der Waals surface area contributed by atoms with Crippen LogP contribution in [0.25, 0.3) is 0 Å². The second-order valence-corrected chi connectivity index (χ2v) is 8.99. The lowest BCUT2D eigenvalue weighted by atomic mass is 10.1. The summed E-state index contributed by atoms with van der Waals surface area (Å²) in [5.41, 5.74) is 0.816. The first-order valence-corrected chi connectivity index (χ1v) is 10.4. The third-order valence-corrected chi connectivity index (χ3v) is 6.67. The SMILES string of the molecule is COc1ccccc1NC(=O)c1ccccc1NS(=O)(=O)c1ccc(Cl)s1. The second-order valence-electron chi connectivity index (χ2n) is 5.36. The van der Waals surface area contributed by atoms with E-state index in [1.165, 1.54) is 31.4 Å². The predicted octanol–water partition coefficient (Wildman–Crippen LogP) is 4.46. The molecule has 0 fully saturated rings. The summed E-state index contributed by atoms with van der Waals surface area (Å²) in [7, 11) is -2.36. The number of para-hydroxylation sites is 3. The Labute approximate surface area is 165 Å². The van der Waals surface area contributed by atoms with Crippen molar-refractivity contribution in [3.63, 3.8) is 0 Å². The highest BCUT2D eigenvalue weighted by atomic mass is 35.5. The van der Waals surface area contributed by atoms with Gasteiger partial charge < -0.3 is 10.1 Å². The number of rotatable bonds is 6. The van der Waals surface area contributed by atoms with Crippen molar-refractivity contribution in [3.05, 3.63) is 70.6 Å². The summed E-state index contributed by atoms with van der Waals surface area (Å²) in [5.74, 6) is 0.0270. The Bertz CT molecular complexity index is 1080. The van der Waals surface area contributed by atoms with Crippen LogP contribution in [0.5, 0.6) is 5.75 Å². The lowest BCUT2D eigenvalue weighted by Crippen LogP contribution is -2.18. The molecule has 1 aromatic heterocycles. The number of nitrogens with one attached hydrogen (secondary N) is 2. The minimum Gasteiger partial charge on any atom is -0.495 e. The van der Waals surface area contributed by atoms with Crippen LogP contribution in [-0.4, -0.2) is 21.4 Å². The molecule has 2 N–H and O–H groups in total. The molecule has 0 aliphatic carbocycles. The van der Waals surface area contributed by atoms with Crippen molar-refractivity contribution in [1.29, 1.82) is 0 Å². The summed E-state index contributed by atoms with van der Waals surface area (Å²) in [6.07, 6.45) is 0. The smallest absolute Gasteiger partial charge is 0.271 e. The van der Waals surface area contributed by atoms with Gasteiger partial charge in [-0.05, 0) is 36.4 Å². The van der Waals surface area contributed by atoms with E-state index in [4.69, 9.17) is 16.3 Å². The molecule has 0 aliphatic rings. The maximum atomic E-state index is 12.7. The van der Waals surface area contributed by atoms with E-state index < -0.39 is 15.9 Å². The van der Waals surface area contributed by atoms with Gasteiger partial charge in [0, 0.05) is 0 Å². The predicted molar refractivity (Wildman–Crippen MR) is 108 cm³/mol. The van der Waals surface area contributed by atoms with Gasteiger partial charge in [0.1, 0.15) is 9.96 Å². The van der Waals surface area contributed by atoms with E-state index in [-0.39, 0.29) is 15.5 Å². The molecule has 0 saturated heterocycles. The highest BCUT2D eigenvalue weighted by Gasteiger charge is 2.20. The average molecular weight is 423 g/mol. The number of benzene rings is 2. The zero-order valence-electron chi connectivity index (χ0n) is 14.1. The molecule has 1 amide bonds. The van der Waals surface area contributed by atoms with Crippen molar-refractivity contribution in [1.82, 2.24) is 0 Å². The summed E-state index contributed by atoms with van der Waals surface area (Å²) < 4.78 is 33.2. The fourth-order valence-corrected chi connectivity index (χ4v) is 4.91. The van der Waals surface area contributed by atoms with Gasteiger partial charge in [-0.15, -0.1) is 11.3 Å². The summed E-state index contributed by atoms with van der Waals surface area (Å²) in [5, 5.41) is 2.73. The van der Waals surface area contributed by atoms with E-state index in [9.17, 15) is 13.2 Å². The van der Waals surface area contributed by atoms with E-state index in [0.717, 1.165) is 11.3 Å². The van der Waals surface area contributed by atoms with Crippen LogP contribution in [0.4, 0.5) is 11.4 Å². The van der Waals surface area contributed by atoms with E-state index >= 15 is 0 Å². The first kappa shape index (κ1) is 19.2. The molecule has 9 heteroatoms. The second kappa shape index (κ2) is 7.99. The Morgan fingerprint density at radius 2 is 1.67 bits per heavy atom. The van der Waals surface area contributed by atoms with Crippen molar-refractivity contribution < 1.29 is 17.9 Å². The van der Waals surface area contributed by atoms with Gasteiger partial charge in [0.05, 0.1) is 28.4 Å². The number of amides is 1. The van der Waals surface area contributed by atoms with Crippen LogP contribution in [-0.2, 0) is 10.0 Å². The number of halogens is 1. The molecule has 0 radical (unpaired) electrons. The third-order valence-electron chi connectivity index (χ3n) is 3.58. The topological polar surface area (TPSA) is 84.5 Å². The molecular weight excluding hydrogens is 408 g/mol. The minimum atomic E-state index is -3.85. The number of thiophene rings is 1. The fourth-order valence-electron chi connectivity index (χ4n) is 2.34. The quantitative estimate of drug-likeness (QED) is 0.614. The molecule has 1 heterocycles. The number of anilines is 2. The van der Waals surface area contributed by atoms with E-state index in [1.54, 1.807) is 36.4 Å². The Kier molecular flexibility index (Phi) is 5.69. The number of hydrogen-bond donors (Lipinski definition) is 2. The highest BCUT2D eigenvalue weighted by Crippen LogP contribution is 2.29. The Morgan fingerprint density at radius 3 is 2.33 bits per heavy atom. The molecule has 0 bridgehead atoms. The minimum absolute atomic E-state index is 0.0624. The van der Waals surface area contributed by atoms with Gasteiger partial charge in [-0.25, -0.2) is 8.42 Å². The largest absolute Gasteiger partial charge is 0.495 e. The van der Waals surface area contributed by atoms with Crippen molar-refractivity contribution in [2.24, 2.45) is 0 Å². The molecule has 0 spiro atoms. The zero-order valence-corrected chi connectivity index (χ0v) is 16.5. The van der Waals surface area contributed by atoms with Crippen LogP contribution in [0.15, 0.2) is 64.9 Å². The van der Waals surface area contributed by atoms with Crippen molar-refractivity contribution in [2.45, 2.75) is 4.21 Å². The lowest BCUT2D eigenvalue weighted by molar-refractivity contribution is 0.102. The number of ether oxygens (including phenoxy) is 1. The van der Waals surface area contributed by atoms with Gasteiger partial charge in [-0.1, -0.05) is 35.9 Å². The van der Waals surface area contributed by atoms with Gasteiger partial charge in [0.25, 0.3) is 15.9 Å². The van der Waals surface area contributed by atoms with Crippen molar-refractivity contribution in [3.8, 4) is 5.75 Å². The Balaban J connectivity index is 1.89. The first-order valence-electron chi connectivity index (χ1n) is 7.72. The molecule has 6 nitrogen and oxygen atoms in total. The summed E-state index contributed by atoms with van der Waals surface area (Å²) in [4.78, 5) is 12.7. The standard InChI is InChI=1S/C18H15ClN2O4S2/c1-25-15-9-5-4-8-14(15)20-18(22)12-6-2-3-7-13(12)21-27(23,24)17-11-10-16(19)26-17/h2-11,21H,1H3,(H,20,22). The molecule has 3 rings (SSSR count). The average Bonchev–Trinajstić information content (AvgIpc) is 3.10. The molecule has 27 heavy (non-hydrogen) atoms. The maximum Gasteiger partial charge on any atom is 0.271 e. The van der Waals surface area contributed by atoms with Crippen LogP contribution in [0.3, 0.4) is 0 Å². The third kappa shape index (κ3) is 4.41. The fraction of sp³-hybridized carbons (Fsp3) is 0.0556. The van der Waals surface area contributed by atoms with E-state index in [1.807, 2.05) is 0 Å². The van der Waals surface area contributed by atoms with Gasteiger partial charge in [0.15, 0.2) is 0 Å². The van der Waals surface area contributed by atoms with Crippen LogP contribution in [0, 0.1) is 0 Å². The molecule has 140 valence electrons. The Hall–Kier alpha value is -2.55. The lowest BCUT2D eigenvalue weighted by Gasteiger charge is -2.13. The number of carbonyl (C=O) groups is 1. The molecule has 0 saturated carbocycles. The van der Waals surface area contributed by atoms with Gasteiger partial charge in [-0.2, -0.15) is 0 Å². The van der Waals surface area contributed by atoms with Crippen LogP contribution in [0.2, 0.25) is 4.34 Å². The van der Waals surface area contributed by atoms with Gasteiger partial charge >= 0.3 is 0 Å². The molecule has 3 aromatic rings. The van der Waals surface area contributed by atoms with Crippen molar-refractivity contribution >= 4 is 50.2 Å². The number of sulfonamides is 1. The van der Waals surface area contributed by atoms with Crippen LogP contribution in [0.1, 0.15) is 10.4 Å². The molecular formula is C18H15ClN2O4S2. The number of carbonyl (C=O) groups excluding carboxylic acids is 1. The summed E-state index contributed by atoms with van der Waals surface area (Å²) in [6.45, 7) is 0. The van der Waals surface area contributed by atoms with E-state index in [0.29, 0.717) is 15.8 Å². The van der Waals surface area contributed by atoms with Crippen LogP contribution >= 0.6 is 22.9 Å². The van der Waals surface area contributed by atoms with E-state index in [2.05, 4.69) is 10.0 Å². The Morgan fingerprint density at radius 1 is 1.00 bits per heavy atom. The highest BCUT2D eigenvalue weighted by molar-refractivity contribution is 7.94. The number of hydrogen-bond acceptors (Lipinski definition) is 5. The zero-order chi connectivity index (χ0) is 19.4. The molecule has 0 unspecified atom stereocenters. The molecule has 2 aromatic carbocycles. The summed E-state index contributed by atoms with van der Waals surface area (Å²) >= 11 is 6.75. The summed E-state index contributed by atoms with van der Waals surface area (Å²) in [6, 6.07) is 16.2.